The standard InChI is InChI=1S/CH3.83Y/h1H3;;;;;;;;;;;;;;;;;;;;;;;;;;;;;;;;;;;;;;;;;;;;;;;;;;;;;;;;;;;;;;;;;;;;;;;;;;;;;;;;;;;/q-1;;;;;;;;;;;;;;;;;;;;;;;;;;;;;;;;;;;;;;;;;;;;;;;;;;;;;;;;;;;;;;;;;;;;;;;;;;;;;;;;;;;. The SMILES string of the molecule is [CH3-].[Y].[Y].[Y].[Y].[Y].[Y].[Y].[Y].[Y].[Y].[Y].[Y].[Y].[Y].[Y].[Y].[Y].[Y].[Y].[Y].[Y].[Y].[Y].[Y].[Y].[Y].[Y].[Y].[Y].[Y].[Y].[Y].[Y].[Y].[Y].[Y].[Y].[Y].[Y].[Y].[Y].[Y].[Y].[Y].[Y].[Y].[Y].[Y].[Y].[Y].[Y].[Y].[Y].[Y].[Y].[Y].[Y].[Y].[Y].[Y].[Y].[Y].[Y].[Y].[Y].[Y].[Y].[Y].[Y].[Y].[Y].[Y].[Y].[Y].[Y].[Y].[Y].[Y].[Y].[Y].[Y].[Y].[Y]. The van der Waals surface area contributed by atoms with Crippen molar-refractivity contribution in [1.29, 1.82) is 0 Å². The predicted molar refractivity (Wildman–Crippen MR) is 6.41 cm³/mol. The molecule has 0 unspecified atom stereocenters. The van der Waals surface area contributed by atoms with E-state index >= 15 is 0 Å². The number of hydrogen-bond donors (Lipinski definition) is 0. The van der Waals surface area contributed by atoms with Crippen LogP contribution < -0.4 is 0 Å². The molecule has 0 aromatic carbocycles. The van der Waals surface area contributed by atoms with Crippen LogP contribution in [-0.2, 0) is 2710 Å². The summed E-state index contributed by atoms with van der Waals surface area (Å²) in [6, 6.07) is 0. The van der Waals surface area contributed by atoms with E-state index in [1.54, 1.807) is 0 Å². The van der Waals surface area contributed by atoms with Crippen LogP contribution in [0.15, 0.2) is 0 Å². The summed E-state index contributed by atoms with van der Waals surface area (Å²) >= 11 is 0. The van der Waals surface area contributed by atoms with Gasteiger partial charge in [0.2, 0.25) is 0 Å². The van der Waals surface area contributed by atoms with E-state index in [1.165, 1.54) is 0 Å². The Morgan fingerprint density at radius 2 is 0.0238 bits per heavy atom. The summed E-state index contributed by atoms with van der Waals surface area (Å²) in [5.41, 5.74) is 0. The average Bonchev–Trinajstić information content (AvgIpc) is 0. The van der Waals surface area contributed by atoms with Crippen molar-refractivity contribution in [3.8, 4) is 0 Å². The number of rotatable bonds is 0. The molecule has 0 atom stereocenters. The van der Waals surface area contributed by atoms with Gasteiger partial charge in [0.05, 0.1) is 0 Å². The van der Waals surface area contributed by atoms with Gasteiger partial charge in [-0.2, -0.15) is 0 Å². The van der Waals surface area contributed by atoms with E-state index in [0.29, 0.717) is 0 Å². The summed E-state index contributed by atoms with van der Waals surface area (Å²) in [7, 11) is 0. The second-order valence-electron chi connectivity index (χ2n) is 0. The van der Waals surface area contributed by atoms with Crippen molar-refractivity contribution in [2.45, 2.75) is 0 Å². The zero-order valence-corrected chi connectivity index (χ0v) is 284. The molecule has 83 heteroatoms. The van der Waals surface area contributed by atoms with Gasteiger partial charge in [-0.15, -0.1) is 0 Å². The molecule has 0 aromatic rings. The monoisotopic (exact) mass is 7390 g/mol. The van der Waals surface area contributed by atoms with Crippen molar-refractivity contribution in [3.63, 3.8) is 0 Å². The molecule has 84 heavy (non-hydrogen) atoms. The van der Waals surface area contributed by atoms with Crippen LogP contribution in [-0.4, -0.2) is 0 Å². The summed E-state index contributed by atoms with van der Waals surface area (Å²) in [6.45, 7) is 0. The first-order valence-electron chi connectivity index (χ1n) is 0. The van der Waals surface area contributed by atoms with Gasteiger partial charge in [-0.05, 0) is 0 Å². The van der Waals surface area contributed by atoms with Gasteiger partial charge >= 0.3 is 0 Å². The molecule has 0 N–H and O–H groups in total. The minimum absolute atomic E-state index is 0. The first-order chi connectivity index (χ1) is 0. The first-order valence-corrected chi connectivity index (χ1v) is 0. The fraction of sp³-hybridized carbons (Fsp3) is 0. The minimum Gasteiger partial charge on any atom is -0.358 e. The topological polar surface area (TPSA) is 0 Å². The molecular formula is CH3Y83-. The average molecular weight is 7390 g/mol. The Morgan fingerprint density at radius 3 is 0.0238 bits per heavy atom. The molecule has 0 spiro atoms. The quantitative estimate of drug-likeness (QED) is 0.306. The second-order valence-corrected chi connectivity index (χ2v) is 0. The van der Waals surface area contributed by atoms with E-state index in [-0.39, 0.29) is 2720 Å². The van der Waals surface area contributed by atoms with Crippen LogP contribution in [0.25, 0.3) is 0 Å². The van der Waals surface area contributed by atoms with E-state index in [2.05, 4.69) is 0 Å². The molecule has 0 saturated heterocycles. The Kier molecular flexibility index (Phi) is 4760. The molecule has 0 bridgehead atoms. The van der Waals surface area contributed by atoms with Gasteiger partial charge < -0.3 is 7.43 Å². The molecule has 0 rings (SSSR count). The van der Waals surface area contributed by atoms with Crippen molar-refractivity contribution < 1.29 is 2710 Å². The van der Waals surface area contributed by atoms with Gasteiger partial charge in [0.25, 0.3) is 0 Å². The summed E-state index contributed by atoms with van der Waals surface area (Å²) in [5.74, 6) is 0. The van der Waals surface area contributed by atoms with Crippen LogP contribution in [0.4, 0.5) is 0 Å². The summed E-state index contributed by atoms with van der Waals surface area (Å²) < 4.78 is 0. The maximum absolute atomic E-state index is 0. The zero-order chi connectivity index (χ0) is 0. The fourth-order valence-electron chi connectivity index (χ4n) is 0. The Hall–Kier alpha value is 91.6. The Balaban J connectivity index is 0. The molecule has 0 nitrogen and oxygen atoms in total. The molecule has 0 aromatic heterocycles. The maximum atomic E-state index is 0. The normalized spacial score (nSPS) is 0. The van der Waals surface area contributed by atoms with Gasteiger partial charge in [0.15, 0.2) is 0 Å². The van der Waals surface area contributed by atoms with Gasteiger partial charge in [-0.25, -0.2) is 0 Å². The second kappa shape index (κ2) is 627. The molecule has 0 heterocycles. The molecule has 0 amide bonds. The minimum atomic E-state index is 0. The smallest absolute Gasteiger partial charge is 0 e. The summed E-state index contributed by atoms with van der Waals surface area (Å²) in [5, 5.41) is 0. The molecule has 0 aliphatic carbocycles. The molecule has 0 saturated carbocycles. The molecule has 0 fully saturated rings. The first kappa shape index (κ1) is 638. The molecular weight excluding hydrogens is 7390 g/mol. The van der Waals surface area contributed by atoms with Crippen molar-refractivity contribution >= 4 is 0 Å². The van der Waals surface area contributed by atoms with Gasteiger partial charge in [0.1, 0.15) is 0 Å². The molecule has 0 aliphatic rings. The van der Waals surface area contributed by atoms with Crippen LogP contribution in [0, 0.1) is 7.43 Å². The van der Waals surface area contributed by atoms with E-state index in [0.717, 1.165) is 0 Å². The summed E-state index contributed by atoms with van der Waals surface area (Å²) in [6.07, 6.45) is 0. The Bertz CT molecular complexity index is 7.83. The van der Waals surface area contributed by atoms with Crippen molar-refractivity contribution in [1.82, 2.24) is 0 Å². The Morgan fingerprint density at radius 1 is 0.0238 bits per heavy atom. The van der Waals surface area contributed by atoms with Crippen LogP contribution >= 0.6 is 0 Å². The van der Waals surface area contributed by atoms with Crippen LogP contribution in [0.1, 0.15) is 0 Å². The Labute approximate surface area is 2610 Å². The van der Waals surface area contributed by atoms with E-state index < -0.39 is 0 Å². The van der Waals surface area contributed by atoms with Crippen molar-refractivity contribution in [2.24, 2.45) is 0 Å². The summed E-state index contributed by atoms with van der Waals surface area (Å²) in [4.78, 5) is 0. The van der Waals surface area contributed by atoms with E-state index in [1.807, 2.05) is 0 Å². The maximum Gasteiger partial charge on any atom is 0 e. The molecule has 83 radical (unpaired) electrons. The van der Waals surface area contributed by atoms with Crippen molar-refractivity contribution in [3.05, 3.63) is 7.43 Å². The predicted octanol–water partition coefficient (Wildman–Crippen LogP) is 0.243. The van der Waals surface area contributed by atoms with Crippen molar-refractivity contribution in [2.75, 3.05) is 0 Å². The van der Waals surface area contributed by atoms with Crippen LogP contribution in [0.3, 0.4) is 0 Å². The van der Waals surface area contributed by atoms with Crippen LogP contribution in [0.2, 0.25) is 0 Å². The third-order valence-electron chi connectivity index (χ3n) is 0. The fourth-order valence-corrected chi connectivity index (χ4v) is 0. The molecule has 257 valence electrons. The zero-order valence-electron chi connectivity index (χ0n) is 48.9. The van der Waals surface area contributed by atoms with Gasteiger partial charge in [-0.3, -0.25) is 0 Å². The van der Waals surface area contributed by atoms with E-state index in [4.69, 9.17) is 0 Å². The third kappa shape index (κ3) is 616. The third-order valence-corrected chi connectivity index (χ3v) is 0. The number of hydrogen-bond acceptors (Lipinski definition) is 0. The van der Waals surface area contributed by atoms with Gasteiger partial charge in [-0.1, -0.05) is 0 Å². The largest absolute Gasteiger partial charge is 0.358 e. The molecule has 0 aliphatic heterocycles. The van der Waals surface area contributed by atoms with Crippen LogP contribution in [0.5, 0.6) is 0 Å². The van der Waals surface area contributed by atoms with Gasteiger partial charge in [0, 0.05) is 2710 Å². The van der Waals surface area contributed by atoms with E-state index in [9.17, 15) is 0 Å².